The number of primary amides is 1. The number of carbonyl (C=O) groups excluding carboxylic acids is 3. The number of methoxy groups -OCH3 is 1. The highest BCUT2D eigenvalue weighted by atomic mass is 16.6. The molecule has 2 amide bonds. The molecule has 1 aromatic carbocycles. The minimum absolute atomic E-state index is 0.144. The highest BCUT2D eigenvalue weighted by Gasteiger charge is 2.24. The Hall–Kier alpha value is -2.61. The van der Waals surface area contributed by atoms with Crippen LogP contribution in [0.2, 0.25) is 0 Å². The summed E-state index contributed by atoms with van der Waals surface area (Å²) in [4.78, 5) is 34.5. The molecule has 34 heavy (non-hydrogen) atoms. The Morgan fingerprint density at radius 1 is 0.971 bits per heavy atom. The molecule has 0 fully saturated rings. The summed E-state index contributed by atoms with van der Waals surface area (Å²) in [7, 11) is 1.42. The molecule has 0 aliphatic heterocycles. The number of hydrogen-bond acceptors (Lipinski definition) is 6. The average Bonchev–Trinajstić information content (AvgIpc) is 2.76. The van der Waals surface area contributed by atoms with Gasteiger partial charge in [-0.15, -0.1) is 0 Å². The first-order chi connectivity index (χ1) is 16.0. The molecule has 2 atom stereocenters. The number of benzene rings is 1. The van der Waals surface area contributed by atoms with Gasteiger partial charge >= 0.3 is 12.1 Å². The van der Waals surface area contributed by atoms with Crippen molar-refractivity contribution in [1.82, 2.24) is 5.32 Å². The van der Waals surface area contributed by atoms with Crippen molar-refractivity contribution < 1.29 is 28.6 Å². The van der Waals surface area contributed by atoms with Crippen LogP contribution in [0.3, 0.4) is 0 Å². The second kappa shape index (κ2) is 15.3. The van der Waals surface area contributed by atoms with Gasteiger partial charge in [-0.05, 0) is 64.5 Å². The van der Waals surface area contributed by atoms with E-state index < -0.39 is 23.6 Å². The van der Waals surface area contributed by atoms with Gasteiger partial charge in [0.1, 0.15) is 5.60 Å². The van der Waals surface area contributed by atoms with E-state index in [0.29, 0.717) is 19.4 Å². The maximum absolute atomic E-state index is 12.2. The zero-order valence-corrected chi connectivity index (χ0v) is 21.4. The van der Waals surface area contributed by atoms with Crippen LogP contribution in [0.1, 0.15) is 83.8 Å². The van der Waals surface area contributed by atoms with Crippen molar-refractivity contribution in [2.45, 2.75) is 103 Å². The third kappa shape index (κ3) is 13.8. The van der Waals surface area contributed by atoms with E-state index in [1.807, 2.05) is 19.1 Å². The molecule has 0 aromatic heterocycles. The number of ether oxygens (including phenoxy) is 3. The van der Waals surface area contributed by atoms with Gasteiger partial charge in [0, 0.05) is 12.8 Å². The number of nitrogens with one attached hydrogen (secondary N) is 1. The Morgan fingerprint density at radius 3 is 2.18 bits per heavy atom. The lowest BCUT2D eigenvalue weighted by atomic mass is 10.0. The first kappa shape index (κ1) is 29.4. The Balaban J connectivity index is 2.47. The van der Waals surface area contributed by atoms with Gasteiger partial charge in [0.25, 0.3) is 0 Å². The lowest BCUT2D eigenvalue weighted by Gasteiger charge is -2.27. The van der Waals surface area contributed by atoms with Crippen LogP contribution in [0.4, 0.5) is 4.79 Å². The van der Waals surface area contributed by atoms with E-state index in [2.05, 4.69) is 22.2 Å². The van der Waals surface area contributed by atoms with Crippen LogP contribution in [-0.4, -0.2) is 42.8 Å². The number of carbonyl (C=O) groups is 3. The molecular formula is C26H42N2O6. The van der Waals surface area contributed by atoms with Crippen molar-refractivity contribution in [3.63, 3.8) is 0 Å². The largest absolute Gasteiger partial charge is 0.469 e. The van der Waals surface area contributed by atoms with E-state index in [-0.39, 0.29) is 18.5 Å². The van der Waals surface area contributed by atoms with Crippen molar-refractivity contribution in [2.24, 2.45) is 5.73 Å². The van der Waals surface area contributed by atoms with Crippen LogP contribution < -0.4 is 11.1 Å². The standard InChI is InChI=1S/C26H42N2O6/c1-19(22(16-17-23(27)29)28-25(31)34-26(2,3)4)33-18-21-14-12-20(13-15-21)10-8-6-7-9-11-24(30)32-5/h12-15,19,22H,6-11,16-18H2,1-5H3,(H2,27,29)(H,28,31)/t19-,22+/m1/s1. The number of alkyl carbamates (subject to hydrolysis) is 1. The van der Waals surface area contributed by atoms with E-state index in [1.165, 1.54) is 12.7 Å². The van der Waals surface area contributed by atoms with Gasteiger partial charge in [0.05, 0.1) is 25.9 Å². The summed E-state index contributed by atoms with van der Waals surface area (Å²) < 4.78 is 16.0. The molecule has 0 radical (unpaired) electrons. The number of rotatable bonds is 15. The van der Waals surface area contributed by atoms with Gasteiger partial charge in [-0.25, -0.2) is 4.79 Å². The molecule has 1 rings (SSSR count). The first-order valence-electron chi connectivity index (χ1n) is 12.0. The van der Waals surface area contributed by atoms with Crippen LogP contribution in [0.5, 0.6) is 0 Å². The van der Waals surface area contributed by atoms with Gasteiger partial charge in [-0.1, -0.05) is 37.1 Å². The quantitative estimate of drug-likeness (QED) is 0.285. The number of esters is 1. The predicted molar refractivity (Wildman–Crippen MR) is 131 cm³/mol. The number of hydrogen-bond donors (Lipinski definition) is 2. The van der Waals surface area contributed by atoms with E-state index >= 15 is 0 Å². The van der Waals surface area contributed by atoms with Gasteiger partial charge in [0.15, 0.2) is 0 Å². The van der Waals surface area contributed by atoms with Gasteiger partial charge < -0.3 is 25.3 Å². The Bertz CT molecular complexity index is 758. The van der Waals surface area contributed by atoms with Crippen LogP contribution in [0, 0.1) is 0 Å². The Morgan fingerprint density at radius 2 is 1.59 bits per heavy atom. The molecule has 0 heterocycles. The van der Waals surface area contributed by atoms with Crippen molar-refractivity contribution in [3.05, 3.63) is 35.4 Å². The second-order valence-electron chi connectivity index (χ2n) is 9.58. The topological polar surface area (TPSA) is 117 Å². The van der Waals surface area contributed by atoms with E-state index in [1.54, 1.807) is 20.8 Å². The number of aryl methyl sites for hydroxylation is 1. The summed E-state index contributed by atoms with van der Waals surface area (Å²) in [6, 6.07) is 7.88. The third-order valence-corrected chi connectivity index (χ3v) is 5.33. The van der Waals surface area contributed by atoms with Gasteiger partial charge in [-0.2, -0.15) is 0 Å². The van der Waals surface area contributed by atoms with E-state index in [0.717, 1.165) is 37.7 Å². The summed E-state index contributed by atoms with van der Waals surface area (Å²) in [6.45, 7) is 7.62. The molecule has 0 aliphatic carbocycles. The molecule has 0 spiro atoms. The summed E-state index contributed by atoms with van der Waals surface area (Å²) >= 11 is 0. The molecule has 0 saturated heterocycles. The van der Waals surface area contributed by atoms with Crippen LogP contribution in [-0.2, 0) is 36.8 Å². The fourth-order valence-corrected chi connectivity index (χ4v) is 3.38. The normalized spacial score (nSPS) is 13.1. The SMILES string of the molecule is COC(=O)CCCCCCc1ccc(CO[C@H](C)[C@H](CCC(N)=O)NC(=O)OC(C)(C)C)cc1. The molecule has 1 aromatic rings. The molecule has 0 saturated carbocycles. The summed E-state index contributed by atoms with van der Waals surface area (Å²) in [5.41, 5.74) is 6.96. The van der Waals surface area contributed by atoms with Crippen LogP contribution in [0.15, 0.2) is 24.3 Å². The van der Waals surface area contributed by atoms with Crippen molar-refractivity contribution in [1.29, 1.82) is 0 Å². The molecule has 0 unspecified atom stereocenters. The number of nitrogens with two attached hydrogens (primary N) is 1. The Kier molecular flexibility index (Phi) is 13.3. The molecule has 8 nitrogen and oxygen atoms in total. The molecule has 0 aliphatic rings. The smallest absolute Gasteiger partial charge is 0.407 e. The summed E-state index contributed by atoms with van der Waals surface area (Å²) in [6.07, 6.45) is 5.15. The first-order valence-corrected chi connectivity index (χ1v) is 12.0. The fourth-order valence-electron chi connectivity index (χ4n) is 3.38. The average molecular weight is 479 g/mol. The molecular weight excluding hydrogens is 436 g/mol. The lowest BCUT2D eigenvalue weighted by molar-refractivity contribution is -0.140. The van der Waals surface area contributed by atoms with E-state index in [9.17, 15) is 14.4 Å². The molecule has 192 valence electrons. The van der Waals surface area contributed by atoms with E-state index in [4.69, 9.17) is 15.2 Å². The van der Waals surface area contributed by atoms with Gasteiger partial charge in [0.2, 0.25) is 5.91 Å². The summed E-state index contributed by atoms with van der Waals surface area (Å²) in [5.74, 6) is -0.575. The zero-order valence-electron chi connectivity index (χ0n) is 21.4. The summed E-state index contributed by atoms with van der Waals surface area (Å²) in [5, 5.41) is 2.80. The highest BCUT2D eigenvalue weighted by Crippen LogP contribution is 2.15. The highest BCUT2D eigenvalue weighted by molar-refractivity contribution is 5.74. The van der Waals surface area contributed by atoms with Crippen molar-refractivity contribution in [3.8, 4) is 0 Å². The minimum Gasteiger partial charge on any atom is -0.469 e. The van der Waals surface area contributed by atoms with Crippen LogP contribution in [0.25, 0.3) is 0 Å². The monoisotopic (exact) mass is 478 g/mol. The minimum atomic E-state index is -0.618. The van der Waals surface area contributed by atoms with Crippen molar-refractivity contribution >= 4 is 18.0 Å². The molecule has 3 N–H and O–H groups in total. The second-order valence-corrected chi connectivity index (χ2v) is 9.58. The maximum Gasteiger partial charge on any atom is 0.407 e. The zero-order chi connectivity index (χ0) is 25.6. The molecule has 0 bridgehead atoms. The Labute approximate surface area is 203 Å². The number of unbranched alkanes of at least 4 members (excludes halogenated alkanes) is 3. The van der Waals surface area contributed by atoms with Crippen LogP contribution >= 0.6 is 0 Å². The number of amides is 2. The van der Waals surface area contributed by atoms with Gasteiger partial charge in [-0.3, -0.25) is 9.59 Å². The maximum atomic E-state index is 12.2. The fraction of sp³-hybridized carbons (Fsp3) is 0.654. The third-order valence-electron chi connectivity index (χ3n) is 5.33. The van der Waals surface area contributed by atoms with Crippen molar-refractivity contribution in [2.75, 3.05) is 7.11 Å². The molecule has 8 heteroatoms. The lowest BCUT2D eigenvalue weighted by Crippen LogP contribution is -2.45. The predicted octanol–water partition coefficient (Wildman–Crippen LogP) is 4.42.